The highest BCUT2D eigenvalue weighted by Crippen LogP contribution is 1.99. The second-order valence-corrected chi connectivity index (χ2v) is 3.40. The van der Waals surface area contributed by atoms with Crippen LogP contribution in [-0.2, 0) is 18.3 Å². The van der Waals surface area contributed by atoms with Crippen molar-refractivity contribution in [3.05, 3.63) is 24.0 Å². The van der Waals surface area contributed by atoms with Crippen molar-refractivity contribution < 1.29 is 9.84 Å². The van der Waals surface area contributed by atoms with Crippen molar-refractivity contribution in [3.8, 4) is 0 Å². The zero-order chi connectivity index (χ0) is 10.4. The largest absolute Gasteiger partial charge is 0.395 e. The summed E-state index contributed by atoms with van der Waals surface area (Å²) >= 11 is 0. The fourth-order valence-corrected chi connectivity index (χ4v) is 1.31. The van der Waals surface area contributed by atoms with Crippen molar-refractivity contribution in [3.63, 3.8) is 0 Å². The quantitative estimate of drug-likeness (QED) is 0.682. The van der Waals surface area contributed by atoms with E-state index in [4.69, 9.17) is 9.84 Å². The number of hydrogen-bond donors (Lipinski definition) is 2. The topological polar surface area (TPSA) is 46.4 Å². The van der Waals surface area contributed by atoms with Crippen molar-refractivity contribution in [2.24, 2.45) is 7.05 Å². The predicted octanol–water partition coefficient (Wildman–Crippen LogP) is 0.122. The Morgan fingerprint density at radius 3 is 2.93 bits per heavy atom. The zero-order valence-electron chi connectivity index (χ0n) is 8.73. The van der Waals surface area contributed by atoms with Gasteiger partial charge in [-0.15, -0.1) is 0 Å². The Morgan fingerprint density at radius 1 is 1.64 bits per heavy atom. The van der Waals surface area contributed by atoms with Crippen LogP contribution >= 0.6 is 0 Å². The Kier molecular flexibility index (Phi) is 4.65. The highest BCUT2D eigenvalue weighted by atomic mass is 16.5. The number of aromatic nitrogens is 1. The molecule has 0 saturated carbocycles. The van der Waals surface area contributed by atoms with E-state index in [1.54, 1.807) is 7.11 Å². The SMILES string of the molecule is COCC(CO)NCc1ccn(C)c1. The van der Waals surface area contributed by atoms with Crippen LogP contribution in [0.15, 0.2) is 18.5 Å². The van der Waals surface area contributed by atoms with Gasteiger partial charge in [0, 0.05) is 33.1 Å². The van der Waals surface area contributed by atoms with E-state index in [-0.39, 0.29) is 12.6 Å². The van der Waals surface area contributed by atoms with Crippen molar-refractivity contribution in [1.82, 2.24) is 9.88 Å². The van der Waals surface area contributed by atoms with Crippen LogP contribution in [0.5, 0.6) is 0 Å². The van der Waals surface area contributed by atoms with E-state index < -0.39 is 0 Å². The van der Waals surface area contributed by atoms with E-state index in [1.807, 2.05) is 30.1 Å². The summed E-state index contributed by atoms with van der Waals surface area (Å²) < 4.78 is 6.96. The lowest BCUT2D eigenvalue weighted by Gasteiger charge is -2.14. The van der Waals surface area contributed by atoms with Crippen molar-refractivity contribution in [2.45, 2.75) is 12.6 Å². The van der Waals surface area contributed by atoms with Crippen LogP contribution in [-0.4, -0.2) is 36.0 Å². The lowest BCUT2D eigenvalue weighted by molar-refractivity contribution is 0.128. The number of aryl methyl sites for hydroxylation is 1. The standard InChI is InChI=1S/C10H18N2O2/c1-12-4-3-9(6-12)5-11-10(7-13)8-14-2/h3-4,6,10-11,13H,5,7-8H2,1-2H3. The van der Waals surface area contributed by atoms with E-state index in [2.05, 4.69) is 5.32 Å². The van der Waals surface area contributed by atoms with Crippen LogP contribution in [0.25, 0.3) is 0 Å². The molecule has 1 heterocycles. The number of ether oxygens (including phenoxy) is 1. The lowest BCUT2D eigenvalue weighted by Crippen LogP contribution is -2.35. The van der Waals surface area contributed by atoms with Gasteiger partial charge in [0.05, 0.1) is 19.3 Å². The third-order valence-corrected chi connectivity index (χ3v) is 2.08. The van der Waals surface area contributed by atoms with Gasteiger partial charge in [-0.1, -0.05) is 0 Å². The van der Waals surface area contributed by atoms with Crippen LogP contribution in [0, 0.1) is 0 Å². The van der Waals surface area contributed by atoms with Crippen LogP contribution in [0.4, 0.5) is 0 Å². The zero-order valence-corrected chi connectivity index (χ0v) is 8.73. The summed E-state index contributed by atoms with van der Waals surface area (Å²) in [5.74, 6) is 0. The molecule has 0 saturated heterocycles. The molecule has 0 aromatic carbocycles. The predicted molar refractivity (Wildman–Crippen MR) is 55.0 cm³/mol. The molecule has 4 nitrogen and oxygen atoms in total. The molecule has 0 radical (unpaired) electrons. The maximum Gasteiger partial charge on any atom is 0.0638 e. The van der Waals surface area contributed by atoms with Crippen molar-refractivity contribution in [2.75, 3.05) is 20.3 Å². The van der Waals surface area contributed by atoms with Crippen LogP contribution in [0.3, 0.4) is 0 Å². The highest BCUT2D eigenvalue weighted by molar-refractivity contribution is 5.09. The van der Waals surface area contributed by atoms with Gasteiger partial charge in [0.25, 0.3) is 0 Å². The molecule has 0 spiro atoms. The van der Waals surface area contributed by atoms with Gasteiger partial charge in [0.2, 0.25) is 0 Å². The Hall–Kier alpha value is -0.840. The normalized spacial score (nSPS) is 13.1. The summed E-state index contributed by atoms with van der Waals surface area (Å²) in [4.78, 5) is 0. The first kappa shape index (κ1) is 11.2. The highest BCUT2D eigenvalue weighted by Gasteiger charge is 2.05. The number of nitrogens with one attached hydrogen (secondary N) is 1. The molecule has 0 bridgehead atoms. The van der Waals surface area contributed by atoms with Crippen molar-refractivity contribution >= 4 is 0 Å². The molecule has 1 atom stereocenters. The molecular formula is C10H18N2O2. The molecule has 80 valence electrons. The Labute approximate surface area is 84.5 Å². The first-order valence-corrected chi connectivity index (χ1v) is 4.70. The van der Waals surface area contributed by atoms with Gasteiger partial charge < -0.3 is 19.7 Å². The summed E-state index contributed by atoms with van der Waals surface area (Å²) in [6, 6.07) is 2.06. The Morgan fingerprint density at radius 2 is 2.43 bits per heavy atom. The van der Waals surface area contributed by atoms with E-state index in [0.29, 0.717) is 6.61 Å². The lowest BCUT2D eigenvalue weighted by atomic mass is 10.3. The van der Waals surface area contributed by atoms with Gasteiger partial charge in [-0.2, -0.15) is 0 Å². The van der Waals surface area contributed by atoms with E-state index >= 15 is 0 Å². The molecule has 4 heteroatoms. The monoisotopic (exact) mass is 198 g/mol. The molecule has 0 amide bonds. The summed E-state index contributed by atoms with van der Waals surface area (Å²) in [5, 5.41) is 12.2. The van der Waals surface area contributed by atoms with Crippen molar-refractivity contribution in [1.29, 1.82) is 0 Å². The fourth-order valence-electron chi connectivity index (χ4n) is 1.31. The van der Waals surface area contributed by atoms with E-state index in [9.17, 15) is 0 Å². The molecule has 1 aromatic heterocycles. The van der Waals surface area contributed by atoms with Gasteiger partial charge in [-0.05, 0) is 11.6 Å². The van der Waals surface area contributed by atoms with Gasteiger partial charge in [0.1, 0.15) is 0 Å². The molecular weight excluding hydrogens is 180 g/mol. The number of aliphatic hydroxyl groups is 1. The molecule has 2 N–H and O–H groups in total. The number of hydrogen-bond acceptors (Lipinski definition) is 3. The molecule has 0 aliphatic carbocycles. The number of rotatable bonds is 6. The minimum atomic E-state index is 0.0141. The molecule has 0 fully saturated rings. The third kappa shape index (κ3) is 3.49. The van der Waals surface area contributed by atoms with Crippen LogP contribution < -0.4 is 5.32 Å². The number of aliphatic hydroxyl groups excluding tert-OH is 1. The number of methoxy groups -OCH3 is 1. The first-order valence-electron chi connectivity index (χ1n) is 4.70. The first-order chi connectivity index (χ1) is 6.76. The fraction of sp³-hybridized carbons (Fsp3) is 0.600. The maximum atomic E-state index is 8.99. The average Bonchev–Trinajstić information content (AvgIpc) is 2.59. The molecule has 1 rings (SSSR count). The minimum absolute atomic E-state index is 0.0141. The van der Waals surface area contributed by atoms with E-state index in [1.165, 1.54) is 5.56 Å². The van der Waals surface area contributed by atoms with Gasteiger partial charge >= 0.3 is 0 Å². The molecule has 0 aliphatic rings. The molecule has 14 heavy (non-hydrogen) atoms. The molecule has 0 aliphatic heterocycles. The van der Waals surface area contributed by atoms with Gasteiger partial charge in [0.15, 0.2) is 0 Å². The molecule has 1 aromatic rings. The Balaban J connectivity index is 2.31. The maximum absolute atomic E-state index is 8.99. The van der Waals surface area contributed by atoms with Crippen LogP contribution in [0.2, 0.25) is 0 Å². The summed E-state index contributed by atoms with van der Waals surface area (Å²) in [6.45, 7) is 1.39. The number of nitrogens with zero attached hydrogens (tertiary/aromatic N) is 1. The smallest absolute Gasteiger partial charge is 0.0638 e. The van der Waals surface area contributed by atoms with Gasteiger partial charge in [-0.25, -0.2) is 0 Å². The van der Waals surface area contributed by atoms with Gasteiger partial charge in [-0.3, -0.25) is 0 Å². The van der Waals surface area contributed by atoms with Crippen LogP contribution in [0.1, 0.15) is 5.56 Å². The summed E-state index contributed by atoms with van der Waals surface area (Å²) in [6.07, 6.45) is 4.05. The minimum Gasteiger partial charge on any atom is -0.395 e. The molecule has 1 unspecified atom stereocenters. The average molecular weight is 198 g/mol. The summed E-state index contributed by atoms with van der Waals surface area (Å²) in [7, 11) is 3.62. The third-order valence-electron chi connectivity index (χ3n) is 2.08. The second-order valence-electron chi connectivity index (χ2n) is 3.40. The summed E-state index contributed by atoms with van der Waals surface area (Å²) in [5.41, 5.74) is 1.21. The van der Waals surface area contributed by atoms with E-state index in [0.717, 1.165) is 6.54 Å². The second kappa shape index (κ2) is 5.80. The Bertz CT molecular complexity index is 260.